The lowest BCUT2D eigenvalue weighted by Gasteiger charge is -2.39. The van der Waals surface area contributed by atoms with E-state index < -0.39 is 5.91 Å². The minimum absolute atomic E-state index is 0.0578. The van der Waals surface area contributed by atoms with Gasteiger partial charge in [-0.05, 0) is 48.9 Å². The van der Waals surface area contributed by atoms with Crippen molar-refractivity contribution >= 4 is 52.6 Å². The number of halogens is 1. The lowest BCUT2D eigenvalue weighted by atomic mass is 9.88. The lowest BCUT2D eigenvalue weighted by Crippen LogP contribution is -2.57. The van der Waals surface area contributed by atoms with Gasteiger partial charge in [0, 0.05) is 44.1 Å². The van der Waals surface area contributed by atoms with Crippen LogP contribution in [0.3, 0.4) is 0 Å². The Labute approximate surface area is 259 Å². The number of likely N-dealkylation sites (tertiary alicyclic amines) is 1. The number of hydrogen-bond acceptors (Lipinski definition) is 10. The quantitative estimate of drug-likeness (QED) is 0.308. The zero-order chi connectivity index (χ0) is 30.8. The molecule has 13 nitrogen and oxygen atoms in total. The zero-order valence-corrected chi connectivity index (χ0v) is 24.8. The first-order valence-corrected chi connectivity index (χ1v) is 14.9. The van der Waals surface area contributed by atoms with Gasteiger partial charge in [-0.3, -0.25) is 29.7 Å². The third kappa shape index (κ3) is 5.87. The van der Waals surface area contributed by atoms with Crippen LogP contribution >= 0.6 is 11.6 Å². The molecule has 2 aromatic heterocycles. The number of pyridine rings is 1. The maximum Gasteiger partial charge on any atom is 0.280 e. The Morgan fingerprint density at radius 1 is 1.09 bits per heavy atom. The molecule has 1 unspecified atom stereocenters. The summed E-state index contributed by atoms with van der Waals surface area (Å²) in [6.07, 6.45) is 6.38. The smallest absolute Gasteiger partial charge is 0.280 e. The number of para-hydroxylation sites is 1. The predicted octanol–water partition coefficient (Wildman–Crippen LogP) is 1.89. The Kier molecular flexibility index (Phi) is 8.04. The van der Waals surface area contributed by atoms with E-state index in [4.69, 9.17) is 23.1 Å². The summed E-state index contributed by atoms with van der Waals surface area (Å²) in [7, 11) is 0. The Balaban J connectivity index is 0.979. The summed E-state index contributed by atoms with van der Waals surface area (Å²) in [5, 5.41) is 5.88. The van der Waals surface area contributed by atoms with Crippen molar-refractivity contribution in [1.29, 1.82) is 0 Å². The van der Waals surface area contributed by atoms with E-state index >= 15 is 0 Å². The molecule has 3 aliphatic heterocycles. The molecule has 0 radical (unpaired) electrons. The maximum atomic E-state index is 13.4. The number of rotatable bonds is 7. The number of piperidine rings is 1. The first-order chi connectivity index (χ1) is 21.2. The molecule has 1 fully saturated rings. The summed E-state index contributed by atoms with van der Waals surface area (Å²) in [6, 6.07) is 11.8. The second-order valence-electron chi connectivity index (χ2n) is 11.3. The third-order valence-electron chi connectivity index (χ3n) is 8.45. The van der Waals surface area contributed by atoms with Crippen molar-refractivity contribution in [3.63, 3.8) is 0 Å². The van der Waals surface area contributed by atoms with Crippen molar-refractivity contribution in [2.75, 3.05) is 42.5 Å². The maximum absolute atomic E-state index is 13.4. The van der Waals surface area contributed by atoms with Gasteiger partial charge in [-0.25, -0.2) is 9.97 Å². The van der Waals surface area contributed by atoms with Gasteiger partial charge in [-0.2, -0.15) is 0 Å². The number of nitrogens with two attached hydrogens (primary N) is 2. The molecule has 1 saturated heterocycles. The molecule has 5 heterocycles. The Morgan fingerprint density at radius 3 is 2.66 bits per heavy atom. The highest BCUT2D eigenvalue weighted by atomic mass is 35.5. The summed E-state index contributed by atoms with van der Waals surface area (Å²) < 4.78 is 0. The van der Waals surface area contributed by atoms with Gasteiger partial charge >= 0.3 is 0 Å². The van der Waals surface area contributed by atoms with Gasteiger partial charge in [0.05, 0.1) is 18.0 Å². The summed E-state index contributed by atoms with van der Waals surface area (Å²) in [5.74, 6) is -0.614. The number of guanidine groups is 1. The number of anilines is 3. The largest absolute Gasteiger partial charge is 0.382 e. The Bertz CT molecular complexity index is 1620. The Hall–Kier alpha value is -4.78. The number of benzene rings is 1. The summed E-state index contributed by atoms with van der Waals surface area (Å²) in [6.45, 7) is 2.07. The van der Waals surface area contributed by atoms with Gasteiger partial charge in [0.1, 0.15) is 0 Å². The van der Waals surface area contributed by atoms with Crippen LogP contribution in [0.2, 0.25) is 5.15 Å². The SMILES string of the molecule is Nc1nc(N)c(C(=O)NC2=NCC3(CCN(C(=O)CCCN4C(=O)C(Cc5cccnc5)c5ccccc54)CC3)N2)nc1Cl. The van der Waals surface area contributed by atoms with Gasteiger partial charge in [0.2, 0.25) is 11.8 Å². The normalized spacial score (nSPS) is 18.6. The molecule has 6 N–H and O–H groups in total. The number of nitrogens with one attached hydrogen (secondary N) is 2. The molecule has 14 heteroatoms. The third-order valence-corrected chi connectivity index (χ3v) is 8.73. The van der Waals surface area contributed by atoms with Crippen LogP contribution in [-0.4, -0.2) is 75.3 Å². The van der Waals surface area contributed by atoms with E-state index in [1.54, 1.807) is 12.4 Å². The fourth-order valence-corrected chi connectivity index (χ4v) is 6.20. The van der Waals surface area contributed by atoms with Crippen LogP contribution in [0.25, 0.3) is 0 Å². The van der Waals surface area contributed by atoms with Crippen molar-refractivity contribution in [2.45, 2.75) is 43.6 Å². The van der Waals surface area contributed by atoms with E-state index in [1.807, 2.05) is 46.2 Å². The van der Waals surface area contributed by atoms with Gasteiger partial charge < -0.3 is 26.6 Å². The second kappa shape index (κ2) is 12.1. The summed E-state index contributed by atoms with van der Waals surface area (Å²) >= 11 is 5.90. The standard InChI is InChI=1S/C30H33ClN10O3/c31-24-26(33)37-25(32)23(36-24)27(43)38-29-35-17-30(39-29)9-13-40(14-10-30)22(42)8-4-12-41-21-7-2-1-6-19(21)20(28(41)44)15-18-5-3-11-34-16-18/h1-3,5-7,11,16,20H,4,8-10,12-15,17H2,(H4,32,33,37)(H2,35,38,39,43). The minimum Gasteiger partial charge on any atom is -0.382 e. The molecule has 44 heavy (non-hydrogen) atoms. The molecular formula is C30H33ClN10O3. The number of fused-ring (bicyclic) bond motifs is 1. The van der Waals surface area contributed by atoms with E-state index in [1.165, 1.54) is 0 Å². The van der Waals surface area contributed by atoms with Crippen LogP contribution < -0.4 is 27.0 Å². The molecule has 228 valence electrons. The molecule has 3 amide bonds. The van der Waals surface area contributed by atoms with Crippen molar-refractivity contribution in [3.05, 3.63) is 70.8 Å². The molecule has 0 saturated carbocycles. The van der Waals surface area contributed by atoms with Gasteiger partial charge in [0.25, 0.3) is 5.91 Å². The number of aromatic nitrogens is 3. The van der Waals surface area contributed by atoms with Gasteiger partial charge in [-0.15, -0.1) is 0 Å². The highest BCUT2D eigenvalue weighted by Gasteiger charge is 2.40. The number of aliphatic imine (C=N–C) groups is 1. The summed E-state index contributed by atoms with van der Waals surface area (Å²) in [5.41, 5.74) is 13.8. The highest BCUT2D eigenvalue weighted by Crippen LogP contribution is 2.39. The van der Waals surface area contributed by atoms with E-state index in [0.717, 1.165) is 16.8 Å². The number of nitrogens with zero attached hydrogens (tertiary/aromatic N) is 6. The van der Waals surface area contributed by atoms with Crippen molar-refractivity contribution < 1.29 is 14.4 Å². The van der Waals surface area contributed by atoms with E-state index in [-0.39, 0.29) is 45.8 Å². The average molecular weight is 617 g/mol. The highest BCUT2D eigenvalue weighted by molar-refractivity contribution is 6.31. The monoisotopic (exact) mass is 616 g/mol. The molecule has 1 spiro atoms. The average Bonchev–Trinajstić information content (AvgIpc) is 3.53. The number of carbonyl (C=O) groups excluding carboxylic acids is 3. The number of carbonyl (C=O) groups is 3. The lowest BCUT2D eigenvalue weighted by molar-refractivity contribution is -0.133. The van der Waals surface area contributed by atoms with Crippen molar-refractivity contribution in [1.82, 2.24) is 30.5 Å². The minimum atomic E-state index is -0.602. The number of hydrogen-bond donors (Lipinski definition) is 4. The van der Waals surface area contributed by atoms with Crippen molar-refractivity contribution in [2.24, 2.45) is 4.99 Å². The van der Waals surface area contributed by atoms with Crippen LogP contribution in [-0.2, 0) is 16.0 Å². The molecule has 0 aliphatic carbocycles. The van der Waals surface area contributed by atoms with Gasteiger partial charge in [-0.1, -0.05) is 35.9 Å². The van der Waals surface area contributed by atoms with E-state index in [0.29, 0.717) is 64.2 Å². The Morgan fingerprint density at radius 2 is 1.89 bits per heavy atom. The molecule has 1 atom stereocenters. The molecule has 0 bridgehead atoms. The fraction of sp³-hybridized carbons (Fsp3) is 0.367. The van der Waals surface area contributed by atoms with Gasteiger partial charge in [0.15, 0.2) is 28.4 Å². The predicted molar refractivity (Wildman–Crippen MR) is 166 cm³/mol. The van der Waals surface area contributed by atoms with E-state index in [9.17, 15) is 14.4 Å². The van der Waals surface area contributed by atoms with Crippen molar-refractivity contribution in [3.8, 4) is 0 Å². The number of amides is 3. The molecule has 1 aromatic carbocycles. The first-order valence-electron chi connectivity index (χ1n) is 14.5. The zero-order valence-electron chi connectivity index (χ0n) is 24.0. The summed E-state index contributed by atoms with van der Waals surface area (Å²) in [4.78, 5) is 59.3. The topological polar surface area (TPSA) is 185 Å². The second-order valence-corrected chi connectivity index (χ2v) is 11.7. The van der Waals surface area contributed by atoms with Crippen LogP contribution in [0.15, 0.2) is 53.8 Å². The number of nitrogen functional groups attached to an aromatic ring is 2. The van der Waals surface area contributed by atoms with Crippen LogP contribution in [0.1, 0.15) is 53.2 Å². The molecule has 6 rings (SSSR count). The first kappa shape index (κ1) is 29.3. The molecule has 3 aliphatic rings. The fourth-order valence-electron chi connectivity index (χ4n) is 6.07. The van der Waals surface area contributed by atoms with Crippen LogP contribution in [0, 0.1) is 0 Å². The molecule has 3 aromatic rings. The molecular weight excluding hydrogens is 584 g/mol. The van der Waals surface area contributed by atoms with Crippen LogP contribution in [0.5, 0.6) is 0 Å². The van der Waals surface area contributed by atoms with E-state index in [2.05, 4.69) is 30.6 Å². The van der Waals surface area contributed by atoms with Crippen LogP contribution in [0.4, 0.5) is 17.3 Å².